The van der Waals surface area contributed by atoms with E-state index in [4.69, 9.17) is 0 Å². The zero-order valence-electron chi connectivity index (χ0n) is 12.7. The predicted molar refractivity (Wildman–Crippen MR) is 81.7 cm³/mol. The highest BCUT2D eigenvalue weighted by atomic mass is 16.2. The number of rotatable bonds is 6. The van der Waals surface area contributed by atoms with Crippen molar-refractivity contribution >= 4 is 17.5 Å². The van der Waals surface area contributed by atoms with Gasteiger partial charge in [0.15, 0.2) is 0 Å². The Bertz CT molecular complexity index is 483. The molecular weight excluding hydrogens is 252 g/mol. The molecule has 0 radical (unpaired) electrons. The van der Waals surface area contributed by atoms with E-state index in [9.17, 15) is 9.59 Å². The van der Waals surface area contributed by atoms with Crippen LogP contribution in [0.1, 0.15) is 44.7 Å². The van der Waals surface area contributed by atoms with Crippen LogP contribution in [-0.2, 0) is 16.0 Å². The molecule has 0 saturated carbocycles. The van der Waals surface area contributed by atoms with Gasteiger partial charge in [0.05, 0.1) is 0 Å². The van der Waals surface area contributed by atoms with Crippen LogP contribution in [0.4, 0.5) is 5.69 Å². The first-order chi connectivity index (χ1) is 9.47. The number of carbonyl (C=O) groups excluding carboxylic acids is 2. The van der Waals surface area contributed by atoms with Crippen molar-refractivity contribution in [2.45, 2.75) is 53.0 Å². The molecule has 2 N–H and O–H groups in total. The van der Waals surface area contributed by atoms with Crippen molar-refractivity contribution in [1.29, 1.82) is 0 Å². The summed E-state index contributed by atoms with van der Waals surface area (Å²) in [5.74, 6) is -0.502. The molecule has 1 atom stereocenters. The Labute approximate surface area is 121 Å². The van der Waals surface area contributed by atoms with E-state index in [2.05, 4.69) is 10.6 Å². The Morgan fingerprint density at radius 3 is 2.50 bits per heavy atom. The highest BCUT2D eigenvalue weighted by Crippen LogP contribution is 2.21. The molecule has 1 unspecified atom stereocenters. The fourth-order valence-electron chi connectivity index (χ4n) is 1.96. The highest BCUT2D eigenvalue weighted by molar-refractivity contribution is 6.04. The smallest absolute Gasteiger partial charge is 0.233 e. The van der Waals surface area contributed by atoms with Crippen molar-refractivity contribution in [3.05, 3.63) is 29.3 Å². The van der Waals surface area contributed by atoms with Gasteiger partial charge >= 0.3 is 0 Å². The van der Waals surface area contributed by atoms with Gasteiger partial charge in [-0.3, -0.25) is 9.59 Å². The van der Waals surface area contributed by atoms with Gasteiger partial charge in [0.25, 0.3) is 0 Å². The minimum Gasteiger partial charge on any atom is -0.353 e. The zero-order valence-corrected chi connectivity index (χ0v) is 12.7. The fourth-order valence-corrected chi connectivity index (χ4v) is 1.96. The number of hydrogen-bond donors (Lipinski definition) is 2. The monoisotopic (exact) mass is 276 g/mol. The van der Waals surface area contributed by atoms with Crippen molar-refractivity contribution in [2.75, 3.05) is 5.32 Å². The van der Waals surface area contributed by atoms with Gasteiger partial charge in [0.2, 0.25) is 11.8 Å². The molecule has 0 aliphatic carbocycles. The minimum atomic E-state index is -0.269. The van der Waals surface area contributed by atoms with Gasteiger partial charge in [-0.05, 0) is 37.8 Å². The molecule has 4 heteroatoms. The molecule has 0 spiro atoms. The SMILES string of the molecule is CCc1cccc(C)c1NC(=O)CC(=O)NC(C)CC. The maximum atomic E-state index is 11.9. The standard InChI is InChI=1S/C16H24N2O2/c1-5-12(4)17-14(19)10-15(20)18-16-11(3)8-7-9-13(16)6-2/h7-9,12H,5-6,10H2,1-4H3,(H,17,19)(H,18,20). The van der Waals surface area contributed by atoms with Crippen molar-refractivity contribution in [2.24, 2.45) is 0 Å². The van der Waals surface area contributed by atoms with Crippen LogP contribution in [0.15, 0.2) is 18.2 Å². The molecule has 0 aliphatic rings. The fraction of sp³-hybridized carbons (Fsp3) is 0.500. The molecule has 0 aromatic heterocycles. The first-order valence-corrected chi connectivity index (χ1v) is 7.15. The van der Waals surface area contributed by atoms with E-state index >= 15 is 0 Å². The lowest BCUT2D eigenvalue weighted by atomic mass is 10.1. The summed E-state index contributed by atoms with van der Waals surface area (Å²) in [7, 11) is 0. The lowest BCUT2D eigenvalue weighted by Gasteiger charge is -2.14. The molecule has 1 aromatic rings. The quantitative estimate of drug-likeness (QED) is 0.785. The van der Waals surface area contributed by atoms with E-state index in [0.717, 1.165) is 29.7 Å². The van der Waals surface area contributed by atoms with E-state index in [1.165, 1.54) is 0 Å². The summed E-state index contributed by atoms with van der Waals surface area (Å²) >= 11 is 0. The zero-order chi connectivity index (χ0) is 15.1. The third-order valence-corrected chi connectivity index (χ3v) is 3.35. The molecule has 110 valence electrons. The number of benzene rings is 1. The predicted octanol–water partition coefficient (Wildman–Crippen LogP) is 2.80. The van der Waals surface area contributed by atoms with Gasteiger partial charge in [-0.1, -0.05) is 32.0 Å². The van der Waals surface area contributed by atoms with Gasteiger partial charge in [0.1, 0.15) is 6.42 Å². The van der Waals surface area contributed by atoms with Crippen LogP contribution in [0.2, 0.25) is 0 Å². The minimum absolute atomic E-state index is 0.0972. The second kappa shape index (κ2) is 7.68. The molecule has 0 bridgehead atoms. The molecule has 0 fully saturated rings. The van der Waals surface area contributed by atoms with Crippen molar-refractivity contribution in [1.82, 2.24) is 5.32 Å². The number of para-hydroxylation sites is 1. The maximum Gasteiger partial charge on any atom is 0.233 e. The average molecular weight is 276 g/mol. The van der Waals surface area contributed by atoms with Crippen molar-refractivity contribution in [3.63, 3.8) is 0 Å². The number of carbonyl (C=O) groups is 2. The summed E-state index contributed by atoms with van der Waals surface area (Å²) in [6.07, 6.45) is 1.56. The van der Waals surface area contributed by atoms with Crippen LogP contribution in [0.3, 0.4) is 0 Å². The lowest BCUT2D eigenvalue weighted by molar-refractivity contribution is -0.127. The van der Waals surface area contributed by atoms with E-state index in [1.54, 1.807) is 0 Å². The number of nitrogens with one attached hydrogen (secondary N) is 2. The Morgan fingerprint density at radius 1 is 1.20 bits per heavy atom. The van der Waals surface area contributed by atoms with Crippen LogP contribution in [0, 0.1) is 6.92 Å². The summed E-state index contributed by atoms with van der Waals surface area (Å²) in [6.45, 7) is 7.91. The van der Waals surface area contributed by atoms with E-state index < -0.39 is 0 Å². The molecule has 0 aliphatic heterocycles. The molecule has 1 rings (SSSR count). The summed E-state index contributed by atoms with van der Waals surface area (Å²) in [6, 6.07) is 6.01. The van der Waals surface area contributed by atoms with Crippen LogP contribution in [0.25, 0.3) is 0 Å². The third-order valence-electron chi connectivity index (χ3n) is 3.35. The molecule has 4 nitrogen and oxygen atoms in total. The largest absolute Gasteiger partial charge is 0.353 e. The van der Waals surface area contributed by atoms with Gasteiger partial charge < -0.3 is 10.6 Å². The normalized spacial score (nSPS) is 11.8. The molecule has 0 saturated heterocycles. The summed E-state index contributed by atoms with van der Waals surface area (Å²) in [4.78, 5) is 23.6. The number of amides is 2. The van der Waals surface area contributed by atoms with Crippen molar-refractivity contribution in [3.8, 4) is 0 Å². The number of hydrogen-bond acceptors (Lipinski definition) is 2. The van der Waals surface area contributed by atoms with E-state index in [0.29, 0.717) is 0 Å². The van der Waals surface area contributed by atoms with Crippen LogP contribution >= 0.6 is 0 Å². The van der Waals surface area contributed by atoms with Crippen LogP contribution in [0.5, 0.6) is 0 Å². The average Bonchev–Trinajstić information content (AvgIpc) is 2.40. The lowest BCUT2D eigenvalue weighted by Crippen LogP contribution is -2.34. The highest BCUT2D eigenvalue weighted by Gasteiger charge is 2.13. The molecule has 0 heterocycles. The van der Waals surface area contributed by atoms with Crippen LogP contribution < -0.4 is 10.6 Å². The molecular formula is C16H24N2O2. The van der Waals surface area contributed by atoms with Gasteiger partial charge in [-0.15, -0.1) is 0 Å². The van der Waals surface area contributed by atoms with Crippen LogP contribution in [-0.4, -0.2) is 17.9 Å². The Kier molecular flexibility index (Phi) is 6.22. The number of anilines is 1. The maximum absolute atomic E-state index is 11.9. The van der Waals surface area contributed by atoms with E-state index in [-0.39, 0.29) is 24.3 Å². The second-order valence-electron chi connectivity index (χ2n) is 5.06. The third kappa shape index (κ3) is 4.68. The molecule has 2 amide bonds. The van der Waals surface area contributed by atoms with Gasteiger partial charge in [-0.2, -0.15) is 0 Å². The Balaban J connectivity index is 2.65. The first kappa shape index (κ1) is 16.2. The Morgan fingerprint density at radius 2 is 1.90 bits per heavy atom. The Hall–Kier alpha value is -1.84. The topological polar surface area (TPSA) is 58.2 Å². The second-order valence-corrected chi connectivity index (χ2v) is 5.06. The van der Waals surface area contributed by atoms with Gasteiger partial charge in [0, 0.05) is 11.7 Å². The van der Waals surface area contributed by atoms with E-state index in [1.807, 2.05) is 45.9 Å². The molecule has 20 heavy (non-hydrogen) atoms. The van der Waals surface area contributed by atoms with Gasteiger partial charge in [-0.25, -0.2) is 0 Å². The first-order valence-electron chi connectivity index (χ1n) is 7.15. The summed E-state index contributed by atoms with van der Waals surface area (Å²) in [5.41, 5.74) is 2.93. The number of aryl methyl sites for hydroxylation is 2. The van der Waals surface area contributed by atoms with Crippen molar-refractivity contribution < 1.29 is 9.59 Å². The summed E-state index contributed by atoms with van der Waals surface area (Å²) in [5, 5.41) is 5.64. The summed E-state index contributed by atoms with van der Waals surface area (Å²) < 4.78 is 0. The molecule has 1 aromatic carbocycles.